The van der Waals surface area contributed by atoms with Gasteiger partial charge in [-0.25, -0.2) is 8.89 Å². The number of aliphatic hydroxyl groups is 1. The lowest BCUT2D eigenvalue weighted by Crippen LogP contribution is -2.46. The first kappa shape index (κ1) is 39.1. The van der Waals surface area contributed by atoms with E-state index in [9.17, 15) is 18.9 Å². The summed E-state index contributed by atoms with van der Waals surface area (Å²) in [7, 11) is 0.219. The molecule has 0 aliphatic carbocycles. The third-order valence-electron chi connectivity index (χ3n) is 9.53. The zero-order valence-corrected chi connectivity index (χ0v) is 31.6. The van der Waals surface area contributed by atoms with Gasteiger partial charge in [-0.05, 0) is 79.8 Å². The molecule has 3 aromatic carbocycles. The maximum Gasteiger partial charge on any atom is 0.274 e. The second kappa shape index (κ2) is 17.6. The lowest BCUT2D eigenvalue weighted by Gasteiger charge is -2.36. The Morgan fingerprint density at radius 1 is 0.943 bits per heavy atom. The maximum absolute atomic E-state index is 14.6. The highest BCUT2D eigenvalue weighted by molar-refractivity contribution is 7.86. The molecule has 12 nitrogen and oxygen atoms in total. The number of aliphatic hydroxyl groups excluding tert-OH is 1. The van der Waals surface area contributed by atoms with Crippen LogP contribution in [0.25, 0.3) is 16.9 Å². The van der Waals surface area contributed by atoms with Gasteiger partial charge >= 0.3 is 0 Å². The second-order valence-electron chi connectivity index (χ2n) is 13.3. The van der Waals surface area contributed by atoms with Gasteiger partial charge in [0.1, 0.15) is 11.0 Å². The van der Waals surface area contributed by atoms with Crippen LogP contribution in [0.1, 0.15) is 77.2 Å². The summed E-state index contributed by atoms with van der Waals surface area (Å²) in [5, 5.41) is 19.6. The molecule has 13 heteroatoms. The second-order valence-corrected chi connectivity index (χ2v) is 14.5. The van der Waals surface area contributed by atoms with Crippen molar-refractivity contribution in [3.63, 3.8) is 0 Å². The SMILES string of the molecule is CCCCN(CCCC)C(=O)c1cc(C)n(-c2ccc(NS(=O)c3ccc(-c4ccn(C)n4)cc3)cc2C(=O)N2Cc3ccccc3C[C@H]2CO)n1.O. The molecule has 1 aliphatic heterocycles. The highest BCUT2D eigenvalue weighted by Gasteiger charge is 2.32. The molecule has 0 saturated heterocycles. The fraction of sp³-hybridized carbons (Fsp3) is 0.350. The molecule has 3 heterocycles. The Hall–Kier alpha value is -5.11. The molecular weight excluding hydrogens is 691 g/mol. The minimum Gasteiger partial charge on any atom is -0.412 e. The van der Waals surface area contributed by atoms with Crippen LogP contribution in [0.15, 0.2) is 90.0 Å². The summed E-state index contributed by atoms with van der Waals surface area (Å²) < 4.78 is 20.0. The van der Waals surface area contributed by atoms with Crippen LogP contribution in [-0.2, 0) is 31.0 Å². The average molecular weight is 740 g/mol. The van der Waals surface area contributed by atoms with Crippen LogP contribution in [0.2, 0.25) is 0 Å². The van der Waals surface area contributed by atoms with Gasteiger partial charge in [-0.2, -0.15) is 10.2 Å². The number of amides is 2. The number of carbonyl (C=O) groups excluding carboxylic acids is 2. The van der Waals surface area contributed by atoms with E-state index < -0.39 is 17.0 Å². The third kappa shape index (κ3) is 8.75. The summed E-state index contributed by atoms with van der Waals surface area (Å²) in [6.45, 7) is 7.53. The molecule has 0 fully saturated rings. The van der Waals surface area contributed by atoms with Crippen molar-refractivity contribution >= 4 is 28.5 Å². The molecular formula is C40H49N7O5S. The van der Waals surface area contributed by atoms with Gasteiger partial charge in [-0.15, -0.1) is 0 Å². The van der Waals surface area contributed by atoms with Crippen molar-refractivity contribution in [1.82, 2.24) is 29.4 Å². The molecule has 2 atom stereocenters. The molecule has 53 heavy (non-hydrogen) atoms. The van der Waals surface area contributed by atoms with Gasteiger partial charge in [-0.1, -0.05) is 63.1 Å². The minimum atomic E-state index is -1.64. The third-order valence-corrected chi connectivity index (χ3v) is 10.6. The van der Waals surface area contributed by atoms with Crippen molar-refractivity contribution in [3.05, 3.63) is 113 Å². The Labute approximate surface area is 313 Å². The number of anilines is 1. The summed E-state index contributed by atoms with van der Waals surface area (Å²) in [5.74, 6) is -0.430. The van der Waals surface area contributed by atoms with Gasteiger partial charge in [0.2, 0.25) is 0 Å². The fourth-order valence-electron chi connectivity index (χ4n) is 6.58. The number of benzene rings is 3. The van der Waals surface area contributed by atoms with Crippen LogP contribution in [0.3, 0.4) is 0 Å². The van der Waals surface area contributed by atoms with Crippen LogP contribution in [-0.4, -0.2) is 81.7 Å². The number of rotatable bonds is 14. The normalized spacial score (nSPS) is 14.3. The number of carbonyl (C=O) groups is 2. The number of hydrogen-bond acceptors (Lipinski definition) is 6. The first-order valence-electron chi connectivity index (χ1n) is 18.0. The van der Waals surface area contributed by atoms with Crippen LogP contribution < -0.4 is 4.72 Å². The predicted octanol–water partition coefficient (Wildman–Crippen LogP) is 5.49. The fourth-order valence-corrected chi connectivity index (χ4v) is 7.42. The van der Waals surface area contributed by atoms with E-state index in [-0.39, 0.29) is 23.9 Å². The van der Waals surface area contributed by atoms with E-state index in [0.29, 0.717) is 59.3 Å². The van der Waals surface area contributed by atoms with E-state index in [1.165, 1.54) is 0 Å². The number of nitrogens with zero attached hydrogens (tertiary/aromatic N) is 6. The molecule has 0 bridgehead atoms. The van der Waals surface area contributed by atoms with Gasteiger partial charge in [0.15, 0.2) is 5.69 Å². The molecule has 5 aromatic rings. The van der Waals surface area contributed by atoms with Crippen molar-refractivity contribution in [2.75, 3.05) is 24.4 Å². The smallest absolute Gasteiger partial charge is 0.274 e. The lowest BCUT2D eigenvalue weighted by molar-refractivity contribution is 0.0544. The predicted molar refractivity (Wildman–Crippen MR) is 207 cm³/mol. The van der Waals surface area contributed by atoms with E-state index in [4.69, 9.17) is 5.10 Å². The first-order valence-corrected chi connectivity index (χ1v) is 19.1. The van der Waals surface area contributed by atoms with Crippen molar-refractivity contribution < 1.29 is 24.4 Å². The number of fused-ring (bicyclic) bond motifs is 1. The van der Waals surface area contributed by atoms with Gasteiger partial charge in [-0.3, -0.25) is 14.3 Å². The van der Waals surface area contributed by atoms with Gasteiger partial charge < -0.3 is 25.1 Å². The summed E-state index contributed by atoms with van der Waals surface area (Å²) >= 11 is 0. The summed E-state index contributed by atoms with van der Waals surface area (Å²) in [6.07, 6.45) is 6.16. The molecule has 1 unspecified atom stereocenters. The number of unbranched alkanes of at least 4 members (excludes halogenated alkanes) is 2. The quantitative estimate of drug-likeness (QED) is 0.153. The van der Waals surface area contributed by atoms with Gasteiger partial charge in [0.25, 0.3) is 11.8 Å². The highest BCUT2D eigenvalue weighted by atomic mass is 32.2. The van der Waals surface area contributed by atoms with E-state index in [1.54, 1.807) is 50.7 Å². The summed E-state index contributed by atoms with van der Waals surface area (Å²) in [4.78, 5) is 32.5. The van der Waals surface area contributed by atoms with E-state index in [0.717, 1.165) is 48.1 Å². The molecule has 4 N–H and O–H groups in total. The minimum absolute atomic E-state index is 0. The maximum atomic E-state index is 14.6. The zero-order chi connectivity index (χ0) is 36.8. The van der Waals surface area contributed by atoms with Crippen LogP contribution in [0.5, 0.6) is 0 Å². The molecule has 6 rings (SSSR count). The van der Waals surface area contributed by atoms with Crippen molar-refractivity contribution in [3.8, 4) is 16.9 Å². The Bertz CT molecular complexity index is 2050. The number of aromatic nitrogens is 4. The van der Waals surface area contributed by atoms with Crippen LogP contribution in [0, 0.1) is 6.92 Å². The Morgan fingerprint density at radius 3 is 2.28 bits per heavy atom. The highest BCUT2D eigenvalue weighted by Crippen LogP contribution is 2.30. The van der Waals surface area contributed by atoms with E-state index >= 15 is 0 Å². The standard InChI is InChI=1S/C40H47N7O4S.H2O/c1-5-7-20-45(21-8-6-2)40(50)37-23-28(3)47(42-37)38-18-15-32(43-52(51)34-16-13-29(14-17-34)36-19-22-44(4)41-36)25-35(38)39(49)46-26-31-12-10-9-11-30(31)24-33(46)27-48;/h9-19,22-23,25,33,43,48H,5-8,20-21,24,26-27H2,1-4H3;1H2/t33-,52?;/m0./s1. The van der Waals surface area contributed by atoms with Crippen molar-refractivity contribution in [2.45, 2.75) is 70.4 Å². The zero-order valence-electron chi connectivity index (χ0n) is 30.8. The molecule has 0 radical (unpaired) electrons. The van der Waals surface area contributed by atoms with E-state index in [2.05, 4.69) is 23.7 Å². The Balaban J connectivity index is 0.00000541. The van der Waals surface area contributed by atoms with Crippen molar-refractivity contribution in [2.24, 2.45) is 7.05 Å². The van der Waals surface area contributed by atoms with E-state index in [1.807, 2.05) is 67.5 Å². The molecule has 1 aliphatic rings. The van der Waals surface area contributed by atoms with Crippen LogP contribution in [0.4, 0.5) is 5.69 Å². The molecule has 280 valence electrons. The van der Waals surface area contributed by atoms with Crippen LogP contribution >= 0.6 is 0 Å². The molecule has 0 spiro atoms. The number of nitrogens with one attached hydrogen (secondary N) is 1. The Kier molecular flexibility index (Phi) is 13.0. The molecule has 2 amide bonds. The first-order chi connectivity index (χ1) is 25.2. The topological polar surface area (TPSA) is 157 Å². The monoisotopic (exact) mass is 739 g/mol. The van der Waals surface area contributed by atoms with Gasteiger partial charge in [0.05, 0.1) is 34.5 Å². The summed E-state index contributed by atoms with van der Waals surface area (Å²) in [5.41, 5.74) is 6.15. The number of hydrogen-bond donors (Lipinski definition) is 2. The Morgan fingerprint density at radius 2 is 1.64 bits per heavy atom. The average Bonchev–Trinajstić information content (AvgIpc) is 3.78. The summed E-state index contributed by atoms with van der Waals surface area (Å²) in [6, 6.07) is 23.8. The van der Waals surface area contributed by atoms with Crippen molar-refractivity contribution in [1.29, 1.82) is 0 Å². The molecule has 0 saturated carbocycles. The molecule has 2 aromatic heterocycles. The number of aryl methyl sites for hydroxylation is 2. The van der Waals surface area contributed by atoms with Gasteiger partial charge in [0, 0.05) is 49.8 Å². The largest absolute Gasteiger partial charge is 0.412 e. The lowest BCUT2D eigenvalue weighted by atomic mass is 9.93.